The predicted molar refractivity (Wildman–Crippen MR) is 112 cm³/mol. The van der Waals surface area contributed by atoms with E-state index in [-0.39, 0.29) is 42.0 Å². The fraction of sp³-hybridized carbons (Fsp3) is 0.261. The largest absolute Gasteiger partial charge is 0.273 e. The van der Waals surface area contributed by atoms with Crippen LogP contribution in [-0.2, 0) is 16.1 Å². The van der Waals surface area contributed by atoms with Crippen LogP contribution in [0.3, 0.4) is 0 Å². The SMILES string of the molecule is O=C(c1ccc(Cl)cc1)N(Cc1ccccc1Cl)N1C(=O)[C@@H]2[C@@H](C1=O)[C@H]1C=C[C@H]2C1. The first-order chi connectivity index (χ1) is 14.5. The molecule has 7 heteroatoms. The number of rotatable bonds is 4. The van der Waals surface area contributed by atoms with Crippen LogP contribution in [-0.4, -0.2) is 27.7 Å². The summed E-state index contributed by atoms with van der Waals surface area (Å²) in [7, 11) is 0. The molecule has 0 aromatic heterocycles. The van der Waals surface area contributed by atoms with Gasteiger partial charge >= 0.3 is 0 Å². The molecule has 0 unspecified atom stereocenters. The lowest BCUT2D eigenvalue weighted by atomic mass is 9.85. The van der Waals surface area contributed by atoms with Gasteiger partial charge in [-0.2, -0.15) is 5.01 Å². The van der Waals surface area contributed by atoms with Crippen LogP contribution in [0.4, 0.5) is 0 Å². The van der Waals surface area contributed by atoms with Crippen LogP contribution >= 0.6 is 23.2 Å². The van der Waals surface area contributed by atoms with E-state index in [1.807, 2.05) is 12.2 Å². The fourth-order valence-electron chi connectivity index (χ4n) is 4.89. The van der Waals surface area contributed by atoms with Gasteiger partial charge in [0.15, 0.2) is 0 Å². The monoisotopic (exact) mass is 440 g/mol. The molecular weight excluding hydrogens is 423 g/mol. The van der Waals surface area contributed by atoms with Gasteiger partial charge in [0.05, 0.1) is 18.4 Å². The number of amides is 3. The number of fused-ring (bicyclic) bond motifs is 5. The van der Waals surface area contributed by atoms with Gasteiger partial charge < -0.3 is 0 Å². The number of nitrogens with zero attached hydrogens (tertiary/aromatic N) is 2. The third-order valence-corrected chi connectivity index (χ3v) is 6.91. The van der Waals surface area contributed by atoms with E-state index in [9.17, 15) is 14.4 Å². The lowest BCUT2D eigenvalue weighted by molar-refractivity contribution is -0.156. The summed E-state index contributed by atoms with van der Waals surface area (Å²) in [4.78, 5) is 40.1. The number of allylic oxidation sites excluding steroid dienone is 2. The summed E-state index contributed by atoms with van der Waals surface area (Å²) in [5.41, 5.74) is 0.991. The minimum Gasteiger partial charge on any atom is -0.272 e. The number of carbonyl (C=O) groups is 3. The Bertz CT molecular complexity index is 1050. The van der Waals surface area contributed by atoms with E-state index in [0.29, 0.717) is 21.2 Å². The van der Waals surface area contributed by atoms with Crippen molar-refractivity contribution in [3.05, 3.63) is 81.9 Å². The maximum absolute atomic E-state index is 13.4. The molecule has 2 bridgehead atoms. The first-order valence-electron chi connectivity index (χ1n) is 9.82. The fourth-order valence-corrected chi connectivity index (χ4v) is 5.21. The van der Waals surface area contributed by atoms with Crippen LogP contribution in [0.2, 0.25) is 10.0 Å². The number of hydrogen-bond acceptors (Lipinski definition) is 3. The molecule has 3 amide bonds. The van der Waals surface area contributed by atoms with Crippen molar-refractivity contribution in [2.75, 3.05) is 0 Å². The molecule has 2 aromatic carbocycles. The molecule has 1 saturated carbocycles. The molecule has 0 spiro atoms. The smallest absolute Gasteiger partial charge is 0.272 e. The Morgan fingerprint density at radius 2 is 1.53 bits per heavy atom. The number of hydrazine groups is 1. The zero-order chi connectivity index (χ0) is 21.0. The van der Waals surface area contributed by atoms with E-state index in [0.717, 1.165) is 11.4 Å². The summed E-state index contributed by atoms with van der Waals surface area (Å²) in [6, 6.07) is 13.5. The van der Waals surface area contributed by atoms with Crippen molar-refractivity contribution >= 4 is 40.9 Å². The van der Waals surface area contributed by atoms with Gasteiger partial charge in [-0.1, -0.05) is 53.6 Å². The van der Waals surface area contributed by atoms with Gasteiger partial charge in [0.1, 0.15) is 0 Å². The summed E-state index contributed by atoms with van der Waals surface area (Å²) in [6.07, 6.45) is 4.89. The molecule has 1 heterocycles. The maximum atomic E-state index is 13.4. The zero-order valence-electron chi connectivity index (χ0n) is 15.9. The molecule has 4 atom stereocenters. The van der Waals surface area contributed by atoms with Gasteiger partial charge in [-0.15, -0.1) is 0 Å². The Kier molecular flexibility index (Phi) is 4.68. The molecule has 2 aliphatic carbocycles. The molecule has 152 valence electrons. The van der Waals surface area contributed by atoms with Crippen LogP contribution in [0.15, 0.2) is 60.7 Å². The molecule has 5 rings (SSSR count). The summed E-state index contributed by atoms with van der Waals surface area (Å²) in [5, 5.41) is 3.25. The van der Waals surface area contributed by atoms with E-state index in [1.165, 1.54) is 5.01 Å². The second-order valence-corrected chi connectivity index (χ2v) is 8.79. The van der Waals surface area contributed by atoms with Gasteiger partial charge in [-0.3, -0.25) is 14.4 Å². The average molecular weight is 441 g/mol. The Morgan fingerprint density at radius 3 is 2.13 bits per heavy atom. The minimum atomic E-state index is -0.450. The third-order valence-electron chi connectivity index (χ3n) is 6.29. The Morgan fingerprint density at radius 1 is 0.933 bits per heavy atom. The lowest BCUT2D eigenvalue weighted by Gasteiger charge is -2.31. The molecular formula is C23H18Cl2N2O3. The molecule has 0 N–H and O–H groups in total. The third kappa shape index (κ3) is 2.96. The van der Waals surface area contributed by atoms with Crippen LogP contribution < -0.4 is 0 Å². The highest BCUT2D eigenvalue weighted by molar-refractivity contribution is 6.31. The molecule has 1 saturated heterocycles. The van der Waals surface area contributed by atoms with Gasteiger partial charge in [-0.05, 0) is 54.2 Å². The summed E-state index contributed by atoms with van der Waals surface area (Å²) in [5.74, 6) is -1.72. The van der Waals surface area contributed by atoms with E-state index in [1.54, 1.807) is 48.5 Å². The second-order valence-electron chi connectivity index (χ2n) is 7.95. The number of halogens is 2. The van der Waals surface area contributed by atoms with Crippen LogP contribution in [0.5, 0.6) is 0 Å². The van der Waals surface area contributed by atoms with Crippen molar-refractivity contribution in [1.82, 2.24) is 10.0 Å². The standard InChI is InChI=1S/C23H18Cl2N2O3/c24-17-9-7-13(8-10-17)21(28)26(12-16-3-1-2-4-18(16)25)27-22(29)19-14-5-6-15(11-14)20(19)23(27)30/h1-10,14-15,19-20H,11-12H2/t14-,15-,19-,20-/m0/s1. The number of imide groups is 1. The minimum absolute atomic E-state index is 0.0147. The van der Waals surface area contributed by atoms with Crippen molar-refractivity contribution in [3.8, 4) is 0 Å². The lowest BCUT2D eigenvalue weighted by Crippen LogP contribution is -2.50. The summed E-state index contributed by atoms with van der Waals surface area (Å²) < 4.78 is 0. The van der Waals surface area contributed by atoms with Gasteiger partial charge in [0.25, 0.3) is 17.7 Å². The maximum Gasteiger partial charge on any atom is 0.273 e. The quantitative estimate of drug-likeness (QED) is 0.524. The van der Waals surface area contributed by atoms with Gasteiger partial charge in [-0.25, -0.2) is 5.01 Å². The summed E-state index contributed by atoms with van der Waals surface area (Å²) in [6.45, 7) is 0.0147. The molecule has 2 aromatic rings. The first-order valence-corrected chi connectivity index (χ1v) is 10.6. The van der Waals surface area contributed by atoms with E-state index in [2.05, 4.69) is 0 Å². The topological polar surface area (TPSA) is 57.7 Å². The number of carbonyl (C=O) groups excluding carboxylic acids is 3. The van der Waals surface area contributed by atoms with Crippen molar-refractivity contribution in [2.45, 2.75) is 13.0 Å². The molecule has 2 fully saturated rings. The van der Waals surface area contributed by atoms with Crippen molar-refractivity contribution in [2.24, 2.45) is 23.7 Å². The van der Waals surface area contributed by atoms with E-state index in [4.69, 9.17) is 23.2 Å². The van der Waals surface area contributed by atoms with Gasteiger partial charge in [0.2, 0.25) is 0 Å². The number of benzene rings is 2. The normalized spacial score (nSPS) is 26.4. The van der Waals surface area contributed by atoms with Crippen molar-refractivity contribution in [1.29, 1.82) is 0 Å². The van der Waals surface area contributed by atoms with Crippen molar-refractivity contribution in [3.63, 3.8) is 0 Å². The highest BCUT2D eigenvalue weighted by Gasteiger charge is 2.61. The molecule has 0 radical (unpaired) electrons. The van der Waals surface area contributed by atoms with Crippen molar-refractivity contribution < 1.29 is 14.4 Å². The Balaban J connectivity index is 1.53. The molecule has 30 heavy (non-hydrogen) atoms. The Labute approximate surface area is 183 Å². The van der Waals surface area contributed by atoms with Crippen LogP contribution in [0.1, 0.15) is 22.3 Å². The molecule has 3 aliphatic rings. The van der Waals surface area contributed by atoms with E-state index < -0.39 is 5.91 Å². The van der Waals surface area contributed by atoms with E-state index >= 15 is 0 Å². The van der Waals surface area contributed by atoms with Gasteiger partial charge in [0, 0.05) is 15.6 Å². The zero-order valence-corrected chi connectivity index (χ0v) is 17.4. The predicted octanol–water partition coefficient (Wildman–Crippen LogP) is 4.36. The van der Waals surface area contributed by atoms with Crippen LogP contribution in [0.25, 0.3) is 0 Å². The Hall–Kier alpha value is -2.63. The molecule has 1 aliphatic heterocycles. The second kappa shape index (κ2) is 7.25. The average Bonchev–Trinajstić information content (AvgIpc) is 3.42. The number of hydrogen-bond donors (Lipinski definition) is 0. The first kappa shape index (κ1) is 19.3. The van der Waals surface area contributed by atoms with Crippen LogP contribution in [0, 0.1) is 23.7 Å². The summed E-state index contributed by atoms with van der Waals surface area (Å²) >= 11 is 12.3. The molecule has 5 nitrogen and oxygen atoms in total. The highest BCUT2D eigenvalue weighted by atomic mass is 35.5. The highest BCUT2D eigenvalue weighted by Crippen LogP contribution is 2.53.